The second-order valence-corrected chi connectivity index (χ2v) is 3.67. The zero-order valence-corrected chi connectivity index (χ0v) is 8.95. The minimum absolute atomic E-state index is 0.0974. The molecule has 0 aliphatic heterocycles. The van der Waals surface area contributed by atoms with Crippen LogP contribution < -0.4 is 11.5 Å². The quantitative estimate of drug-likeness (QED) is 0.734. The Morgan fingerprint density at radius 3 is 2.71 bits per heavy atom. The van der Waals surface area contributed by atoms with Gasteiger partial charge in [0, 0.05) is 22.6 Å². The fourth-order valence-corrected chi connectivity index (χ4v) is 1.76. The van der Waals surface area contributed by atoms with Gasteiger partial charge in [0.25, 0.3) is 0 Å². The summed E-state index contributed by atoms with van der Waals surface area (Å²) in [5.41, 5.74) is 11.8. The minimum Gasteiger partial charge on any atom is -0.506 e. The third kappa shape index (κ3) is 1.87. The molecule has 0 amide bonds. The van der Waals surface area contributed by atoms with Crippen LogP contribution in [0.3, 0.4) is 0 Å². The van der Waals surface area contributed by atoms with Gasteiger partial charge in [0.05, 0.1) is 5.56 Å². The molecule has 0 fully saturated rings. The van der Waals surface area contributed by atoms with Gasteiger partial charge >= 0.3 is 0 Å². The number of aromatic hydroxyl groups is 1. The smallest absolute Gasteiger partial charge is 0.139 e. The first-order valence-corrected chi connectivity index (χ1v) is 4.78. The van der Waals surface area contributed by atoms with E-state index in [-0.39, 0.29) is 17.9 Å². The van der Waals surface area contributed by atoms with Crippen LogP contribution in [0.1, 0.15) is 17.2 Å². The summed E-state index contributed by atoms with van der Waals surface area (Å²) in [6.07, 6.45) is 0. The predicted molar refractivity (Wildman–Crippen MR) is 56.5 cm³/mol. The molecule has 0 aliphatic rings. The summed E-state index contributed by atoms with van der Waals surface area (Å²) in [6, 6.07) is 4.59. The van der Waals surface area contributed by atoms with Crippen molar-refractivity contribution >= 4 is 15.9 Å². The zero-order valence-electron chi connectivity index (χ0n) is 7.37. The Balaban J connectivity index is 3.34. The van der Waals surface area contributed by atoms with Gasteiger partial charge in [-0.3, -0.25) is 0 Å². The number of benzene rings is 1. The fourth-order valence-electron chi connectivity index (χ4n) is 1.14. The largest absolute Gasteiger partial charge is 0.506 e. The first kappa shape index (κ1) is 11.0. The number of halogens is 1. The number of nitriles is 1. The highest BCUT2D eigenvalue weighted by molar-refractivity contribution is 9.10. The molecule has 1 aromatic carbocycles. The third-order valence-electron chi connectivity index (χ3n) is 1.91. The van der Waals surface area contributed by atoms with Crippen molar-refractivity contribution in [2.24, 2.45) is 11.5 Å². The first-order valence-electron chi connectivity index (χ1n) is 3.99. The molecule has 4 nitrogen and oxygen atoms in total. The Hall–Kier alpha value is -1.09. The van der Waals surface area contributed by atoms with E-state index in [0.717, 1.165) is 0 Å². The third-order valence-corrected chi connectivity index (χ3v) is 2.60. The van der Waals surface area contributed by atoms with Crippen LogP contribution in [0.2, 0.25) is 0 Å². The molecule has 1 aromatic rings. The highest BCUT2D eigenvalue weighted by Crippen LogP contribution is 2.32. The Morgan fingerprint density at radius 2 is 2.21 bits per heavy atom. The molecule has 0 saturated carbocycles. The van der Waals surface area contributed by atoms with Gasteiger partial charge in [0.1, 0.15) is 11.8 Å². The molecule has 5 N–H and O–H groups in total. The number of rotatable bonds is 2. The summed E-state index contributed by atoms with van der Waals surface area (Å²) in [5.74, 6) is -0.0974. The van der Waals surface area contributed by atoms with Crippen molar-refractivity contribution in [3.05, 3.63) is 27.7 Å². The van der Waals surface area contributed by atoms with Gasteiger partial charge in [-0.25, -0.2) is 0 Å². The van der Waals surface area contributed by atoms with Gasteiger partial charge in [0.2, 0.25) is 0 Å². The van der Waals surface area contributed by atoms with Crippen LogP contribution in [0.25, 0.3) is 0 Å². The lowest BCUT2D eigenvalue weighted by Gasteiger charge is -2.13. The number of nitrogens with zero attached hydrogens (tertiary/aromatic N) is 1. The van der Waals surface area contributed by atoms with Crippen molar-refractivity contribution < 1.29 is 5.11 Å². The van der Waals surface area contributed by atoms with E-state index in [2.05, 4.69) is 15.9 Å². The first-order chi connectivity index (χ1) is 6.61. The van der Waals surface area contributed by atoms with Crippen LogP contribution >= 0.6 is 15.9 Å². The van der Waals surface area contributed by atoms with Crippen LogP contribution in [0.15, 0.2) is 16.6 Å². The lowest BCUT2D eigenvalue weighted by Crippen LogP contribution is -2.21. The lowest BCUT2D eigenvalue weighted by molar-refractivity contribution is 0.459. The van der Waals surface area contributed by atoms with Crippen LogP contribution in [-0.2, 0) is 0 Å². The maximum absolute atomic E-state index is 9.68. The van der Waals surface area contributed by atoms with Crippen molar-refractivity contribution in [3.63, 3.8) is 0 Å². The molecule has 5 heteroatoms. The van der Waals surface area contributed by atoms with Crippen molar-refractivity contribution in [2.45, 2.75) is 6.04 Å². The maximum atomic E-state index is 9.68. The summed E-state index contributed by atoms with van der Waals surface area (Å²) in [5, 5.41) is 18.4. The average Bonchev–Trinajstić information content (AvgIpc) is 2.18. The van der Waals surface area contributed by atoms with Gasteiger partial charge in [0.15, 0.2) is 0 Å². The second kappa shape index (κ2) is 4.42. The van der Waals surface area contributed by atoms with Gasteiger partial charge in [-0.05, 0) is 12.1 Å². The highest BCUT2D eigenvalue weighted by Gasteiger charge is 2.16. The molecule has 0 aliphatic carbocycles. The van der Waals surface area contributed by atoms with Gasteiger partial charge < -0.3 is 16.6 Å². The number of nitrogens with two attached hydrogens (primary N) is 2. The van der Waals surface area contributed by atoms with E-state index in [1.54, 1.807) is 6.07 Å². The highest BCUT2D eigenvalue weighted by atomic mass is 79.9. The number of hydrogen-bond donors (Lipinski definition) is 3. The van der Waals surface area contributed by atoms with Crippen molar-refractivity contribution in [2.75, 3.05) is 6.54 Å². The summed E-state index contributed by atoms with van der Waals surface area (Å²) >= 11 is 3.25. The van der Waals surface area contributed by atoms with Crippen LogP contribution in [-0.4, -0.2) is 11.7 Å². The van der Waals surface area contributed by atoms with E-state index in [0.29, 0.717) is 10.0 Å². The summed E-state index contributed by atoms with van der Waals surface area (Å²) in [4.78, 5) is 0. The van der Waals surface area contributed by atoms with Crippen LogP contribution in [0.5, 0.6) is 5.75 Å². The molecule has 1 atom stereocenters. The van der Waals surface area contributed by atoms with E-state index in [1.165, 1.54) is 6.07 Å². The molecule has 14 heavy (non-hydrogen) atoms. The number of hydrogen-bond acceptors (Lipinski definition) is 4. The molecule has 0 spiro atoms. The average molecular weight is 256 g/mol. The standard InChI is InChI=1S/C9H10BrN3O/c10-6-2-1-5(3-11)9(14)8(6)7(13)4-12/h1-2,7,14H,4,12-13H2/t7-/m1/s1. The predicted octanol–water partition coefficient (Wildman–Crippen LogP) is 0.985. The van der Waals surface area contributed by atoms with Crippen molar-refractivity contribution in [1.29, 1.82) is 5.26 Å². The van der Waals surface area contributed by atoms with Crippen LogP contribution in [0.4, 0.5) is 0 Å². The molecule has 0 heterocycles. The summed E-state index contributed by atoms with van der Waals surface area (Å²) < 4.78 is 0.659. The van der Waals surface area contributed by atoms with E-state index in [1.807, 2.05) is 6.07 Å². The summed E-state index contributed by atoms with van der Waals surface area (Å²) in [6.45, 7) is 0.209. The monoisotopic (exact) mass is 255 g/mol. The molecule has 0 radical (unpaired) electrons. The topological polar surface area (TPSA) is 96.1 Å². The van der Waals surface area contributed by atoms with Crippen molar-refractivity contribution in [1.82, 2.24) is 0 Å². The fraction of sp³-hybridized carbons (Fsp3) is 0.222. The van der Waals surface area contributed by atoms with E-state index in [4.69, 9.17) is 16.7 Å². The van der Waals surface area contributed by atoms with Gasteiger partial charge in [-0.15, -0.1) is 0 Å². The van der Waals surface area contributed by atoms with E-state index in [9.17, 15) is 5.11 Å². The molecule has 0 saturated heterocycles. The summed E-state index contributed by atoms with van der Waals surface area (Å²) in [7, 11) is 0. The SMILES string of the molecule is N#Cc1ccc(Br)c([C@H](N)CN)c1O. The maximum Gasteiger partial charge on any atom is 0.139 e. The Morgan fingerprint density at radius 1 is 1.57 bits per heavy atom. The Bertz CT molecular complexity index is 386. The van der Waals surface area contributed by atoms with Gasteiger partial charge in [-0.2, -0.15) is 5.26 Å². The Labute approximate surface area is 90.3 Å². The molecule has 0 unspecified atom stereocenters. The Kier molecular flexibility index (Phi) is 3.47. The molecule has 0 bridgehead atoms. The van der Waals surface area contributed by atoms with Crippen LogP contribution in [0, 0.1) is 11.3 Å². The van der Waals surface area contributed by atoms with E-state index >= 15 is 0 Å². The number of phenolic OH excluding ortho intramolecular Hbond substituents is 1. The minimum atomic E-state index is -0.474. The molecular formula is C9H10BrN3O. The number of phenols is 1. The van der Waals surface area contributed by atoms with E-state index < -0.39 is 6.04 Å². The normalized spacial score (nSPS) is 12.1. The molecular weight excluding hydrogens is 246 g/mol. The lowest BCUT2D eigenvalue weighted by atomic mass is 10.0. The second-order valence-electron chi connectivity index (χ2n) is 2.81. The zero-order chi connectivity index (χ0) is 10.7. The molecule has 74 valence electrons. The molecule has 0 aromatic heterocycles. The molecule has 1 rings (SSSR count). The van der Waals surface area contributed by atoms with Gasteiger partial charge in [-0.1, -0.05) is 15.9 Å². The van der Waals surface area contributed by atoms with Crippen molar-refractivity contribution in [3.8, 4) is 11.8 Å².